The van der Waals surface area contributed by atoms with Crippen molar-refractivity contribution in [3.63, 3.8) is 0 Å². The van der Waals surface area contributed by atoms with E-state index in [1.165, 1.54) is 11.3 Å². The molecule has 1 unspecified atom stereocenters. The molecule has 1 aliphatic heterocycles. The van der Waals surface area contributed by atoms with Crippen LogP contribution in [0.2, 0.25) is 0 Å². The number of ether oxygens (including phenoxy) is 1. The number of amides is 1. The number of hydrogen-bond donors (Lipinski definition) is 1. The fourth-order valence-electron chi connectivity index (χ4n) is 3.13. The molecule has 2 heterocycles. The number of aryl methyl sites for hydroxylation is 1. The van der Waals surface area contributed by atoms with Gasteiger partial charge in [0, 0.05) is 18.8 Å². The molecule has 1 fully saturated rings. The van der Waals surface area contributed by atoms with Crippen LogP contribution in [0.4, 0.5) is 4.79 Å². The van der Waals surface area contributed by atoms with E-state index >= 15 is 0 Å². The topological polar surface area (TPSA) is 73.4 Å². The molecule has 1 aromatic rings. The van der Waals surface area contributed by atoms with Crippen molar-refractivity contribution in [1.29, 1.82) is 0 Å². The Balaban J connectivity index is 2.06. The number of rotatable bonds is 4. The van der Waals surface area contributed by atoms with E-state index in [2.05, 4.69) is 18.5 Å². The van der Waals surface area contributed by atoms with Crippen LogP contribution in [0.15, 0.2) is 0 Å². The van der Waals surface area contributed by atoms with Gasteiger partial charge in [0.1, 0.15) is 5.60 Å². The maximum atomic E-state index is 12.2. The van der Waals surface area contributed by atoms with Crippen molar-refractivity contribution in [2.45, 2.75) is 65.5 Å². The molecule has 1 atom stereocenters. The second-order valence-corrected chi connectivity index (χ2v) is 7.36. The molecule has 130 valence electrons. The molecule has 6 heteroatoms. The standard InChI is InChI=1S/C17H30N4O2/c1-12-15(7-6-9-18)13(2)21(19-12)14-8-10-20(11-14)16(22)23-17(3,4)5/h14H,6-11,18H2,1-5H3. The molecule has 6 nitrogen and oxygen atoms in total. The highest BCUT2D eigenvalue weighted by Gasteiger charge is 2.32. The summed E-state index contributed by atoms with van der Waals surface area (Å²) in [6, 6.07) is 0.229. The van der Waals surface area contributed by atoms with Gasteiger partial charge in [-0.15, -0.1) is 0 Å². The van der Waals surface area contributed by atoms with Crippen molar-refractivity contribution in [3.05, 3.63) is 17.0 Å². The summed E-state index contributed by atoms with van der Waals surface area (Å²) in [5, 5.41) is 4.71. The number of nitrogens with two attached hydrogens (primary N) is 1. The van der Waals surface area contributed by atoms with Crippen molar-refractivity contribution in [1.82, 2.24) is 14.7 Å². The summed E-state index contributed by atoms with van der Waals surface area (Å²) in [5.41, 5.74) is 8.74. The predicted octanol–water partition coefficient (Wildman–Crippen LogP) is 2.57. The van der Waals surface area contributed by atoms with Gasteiger partial charge < -0.3 is 15.4 Å². The minimum atomic E-state index is -0.456. The van der Waals surface area contributed by atoms with Crippen molar-refractivity contribution in [2.24, 2.45) is 5.73 Å². The van der Waals surface area contributed by atoms with E-state index in [1.54, 1.807) is 4.90 Å². The van der Waals surface area contributed by atoms with E-state index in [9.17, 15) is 4.79 Å². The third kappa shape index (κ3) is 4.25. The zero-order valence-corrected chi connectivity index (χ0v) is 15.1. The summed E-state index contributed by atoms with van der Waals surface area (Å²) >= 11 is 0. The third-order valence-corrected chi connectivity index (χ3v) is 4.27. The van der Waals surface area contributed by atoms with Crippen molar-refractivity contribution < 1.29 is 9.53 Å². The smallest absolute Gasteiger partial charge is 0.410 e. The monoisotopic (exact) mass is 322 g/mol. The van der Waals surface area contributed by atoms with Crippen molar-refractivity contribution in [3.8, 4) is 0 Å². The lowest BCUT2D eigenvalue weighted by molar-refractivity contribution is 0.0288. The predicted molar refractivity (Wildman–Crippen MR) is 90.5 cm³/mol. The Labute approximate surface area is 139 Å². The summed E-state index contributed by atoms with van der Waals surface area (Å²) in [5.74, 6) is 0. The highest BCUT2D eigenvalue weighted by molar-refractivity contribution is 5.68. The summed E-state index contributed by atoms with van der Waals surface area (Å²) in [4.78, 5) is 14.0. The minimum Gasteiger partial charge on any atom is -0.444 e. The van der Waals surface area contributed by atoms with E-state index in [-0.39, 0.29) is 12.1 Å². The highest BCUT2D eigenvalue weighted by atomic mass is 16.6. The molecule has 1 amide bonds. The molecule has 2 N–H and O–H groups in total. The lowest BCUT2D eigenvalue weighted by Gasteiger charge is -2.24. The van der Waals surface area contributed by atoms with E-state index in [0.29, 0.717) is 13.1 Å². The summed E-state index contributed by atoms with van der Waals surface area (Å²) in [6.45, 7) is 11.9. The molecule has 1 aromatic heterocycles. The Morgan fingerprint density at radius 1 is 1.39 bits per heavy atom. The van der Waals surface area contributed by atoms with Gasteiger partial charge in [-0.1, -0.05) is 0 Å². The normalized spacial score (nSPS) is 18.5. The number of nitrogens with zero attached hydrogens (tertiary/aromatic N) is 3. The van der Waals surface area contributed by atoms with Gasteiger partial charge in [0.15, 0.2) is 0 Å². The molecule has 0 bridgehead atoms. The second-order valence-electron chi connectivity index (χ2n) is 7.36. The molecule has 23 heavy (non-hydrogen) atoms. The molecule has 0 saturated carbocycles. The van der Waals surface area contributed by atoms with Gasteiger partial charge in [-0.3, -0.25) is 4.68 Å². The van der Waals surface area contributed by atoms with Crippen molar-refractivity contribution >= 4 is 6.09 Å². The number of carbonyl (C=O) groups excluding carboxylic acids is 1. The van der Waals surface area contributed by atoms with Gasteiger partial charge in [-0.2, -0.15) is 5.10 Å². The molecular weight excluding hydrogens is 292 g/mol. The van der Waals surface area contributed by atoms with Gasteiger partial charge in [-0.25, -0.2) is 4.79 Å². The van der Waals surface area contributed by atoms with Gasteiger partial charge in [0.05, 0.1) is 11.7 Å². The Morgan fingerprint density at radius 2 is 2.09 bits per heavy atom. The number of hydrogen-bond acceptors (Lipinski definition) is 4. The SMILES string of the molecule is Cc1nn(C2CCN(C(=O)OC(C)(C)C)C2)c(C)c1CCCN. The van der Waals surface area contributed by atoms with Crippen LogP contribution in [0, 0.1) is 13.8 Å². The Morgan fingerprint density at radius 3 is 2.70 bits per heavy atom. The molecule has 1 aliphatic rings. The molecule has 0 aromatic carbocycles. The average molecular weight is 322 g/mol. The zero-order chi connectivity index (χ0) is 17.2. The van der Waals surface area contributed by atoms with Crippen LogP contribution in [0.1, 0.15) is 56.6 Å². The first-order valence-electron chi connectivity index (χ1n) is 8.45. The van der Waals surface area contributed by atoms with Gasteiger partial charge in [-0.05, 0) is 66.0 Å². The van der Waals surface area contributed by atoms with E-state index in [1.807, 2.05) is 20.8 Å². The van der Waals surface area contributed by atoms with Crippen LogP contribution in [0.5, 0.6) is 0 Å². The highest BCUT2D eigenvalue weighted by Crippen LogP contribution is 2.27. The Kier molecular flexibility index (Phi) is 5.34. The maximum Gasteiger partial charge on any atom is 0.410 e. The number of aromatic nitrogens is 2. The van der Waals surface area contributed by atoms with E-state index in [0.717, 1.165) is 31.5 Å². The van der Waals surface area contributed by atoms with Crippen LogP contribution in [0.25, 0.3) is 0 Å². The van der Waals surface area contributed by atoms with Gasteiger partial charge in [0.25, 0.3) is 0 Å². The number of carbonyl (C=O) groups is 1. The quantitative estimate of drug-likeness (QED) is 0.924. The van der Waals surface area contributed by atoms with Crippen LogP contribution >= 0.6 is 0 Å². The van der Waals surface area contributed by atoms with Crippen molar-refractivity contribution in [2.75, 3.05) is 19.6 Å². The molecule has 0 spiro atoms. The molecule has 1 saturated heterocycles. The third-order valence-electron chi connectivity index (χ3n) is 4.27. The maximum absolute atomic E-state index is 12.2. The molecule has 0 aliphatic carbocycles. The number of likely N-dealkylation sites (tertiary alicyclic amines) is 1. The lowest BCUT2D eigenvalue weighted by atomic mass is 10.1. The van der Waals surface area contributed by atoms with E-state index < -0.39 is 5.60 Å². The molecule has 0 radical (unpaired) electrons. The summed E-state index contributed by atoms with van der Waals surface area (Å²) in [7, 11) is 0. The Hall–Kier alpha value is -1.56. The largest absolute Gasteiger partial charge is 0.444 e. The van der Waals surface area contributed by atoms with Gasteiger partial charge in [0.2, 0.25) is 0 Å². The minimum absolute atomic E-state index is 0.229. The fraction of sp³-hybridized carbons (Fsp3) is 0.765. The second kappa shape index (κ2) is 6.91. The van der Waals surface area contributed by atoms with Crippen LogP contribution in [-0.4, -0.2) is 46.0 Å². The van der Waals surface area contributed by atoms with Gasteiger partial charge >= 0.3 is 6.09 Å². The van der Waals surface area contributed by atoms with Crippen LogP contribution in [-0.2, 0) is 11.2 Å². The van der Waals surface area contributed by atoms with Crippen LogP contribution in [0.3, 0.4) is 0 Å². The average Bonchev–Trinajstić information content (AvgIpc) is 3.01. The fourth-order valence-corrected chi connectivity index (χ4v) is 3.13. The lowest BCUT2D eigenvalue weighted by Crippen LogP contribution is -2.35. The zero-order valence-electron chi connectivity index (χ0n) is 15.1. The first-order chi connectivity index (χ1) is 10.7. The molecular formula is C17H30N4O2. The summed E-state index contributed by atoms with van der Waals surface area (Å²) < 4.78 is 7.55. The molecule has 2 rings (SSSR count). The first-order valence-corrected chi connectivity index (χ1v) is 8.45. The first kappa shape index (κ1) is 17.8. The summed E-state index contributed by atoms with van der Waals surface area (Å²) in [6.07, 6.45) is 2.63. The van der Waals surface area contributed by atoms with Crippen LogP contribution < -0.4 is 5.73 Å². The van der Waals surface area contributed by atoms with E-state index in [4.69, 9.17) is 15.6 Å². The Bertz CT molecular complexity index is 560.